The quantitative estimate of drug-likeness (QED) is 0.903. The summed E-state index contributed by atoms with van der Waals surface area (Å²) >= 11 is 5.92. The normalized spacial score (nSPS) is 9.95. The van der Waals surface area contributed by atoms with Crippen molar-refractivity contribution < 1.29 is 14.7 Å². The van der Waals surface area contributed by atoms with Crippen molar-refractivity contribution in [2.24, 2.45) is 0 Å². The Morgan fingerprint density at radius 2 is 1.68 bits per heavy atom. The molecule has 0 heterocycles. The van der Waals surface area contributed by atoms with Crippen molar-refractivity contribution in [1.29, 1.82) is 0 Å². The van der Waals surface area contributed by atoms with Gasteiger partial charge in [0.2, 0.25) is 0 Å². The summed E-state index contributed by atoms with van der Waals surface area (Å²) in [5, 5.41) is 11.8. The molecule has 0 spiro atoms. The molecule has 4 nitrogen and oxygen atoms in total. The summed E-state index contributed by atoms with van der Waals surface area (Å²) in [5.74, 6) is -1.42. The monoisotopic (exact) mass is 275 g/mol. The number of hydrogen-bond acceptors (Lipinski definition) is 2. The van der Waals surface area contributed by atoms with Crippen LogP contribution in [0.15, 0.2) is 48.5 Å². The van der Waals surface area contributed by atoms with E-state index in [4.69, 9.17) is 16.7 Å². The van der Waals surface area contributed by atoms with E-state index in [1.807, 2.05) is 0 Å². The van der Waals surface area contributed by atoms with Crippen molar-refractivity contribution in [3.63, 3.8) is 0 Å². The number of nitrogens with one attached hydrogen (secondary N) is 1. The Balaban J connectivity index is 2.26. The Morgan fingerprint density at radius 1 is 1.00 bits per heavy atom. The summed E-state index contributed by atoms with van der Waals surface area (Å²) in [4.78, 5) is 22.8. The zero-order valence-electron chi connectivity index (χ0n) is 9.76. The fourth-order valence-electron chi connectivity index (χ4n) is 1.54. The molecule has 5 heteroatoms. The number of hydrogen-bond donors (Lipinski definition) is 2. The van der Waals surface area contributed by atoms with Gasteiger partial charge in [-0.3, -0.25) is 4.79 Å². The van der Waals surface area contributed by atoms with Crippen molar-refractivity contribution >= 4 is 29.2 Å². The van der Waals surface area contributed by atoms with Gasteiger partial charge >= 0.3 is 5.97 Å². The molecule has 2 rings (SSSR count). The Hall–Kier alpha value is -2.33. The predicted molar refractivity (Wildman–Crippen MR) is 72.8 cm³/mol. The standard InChI is InChI=1S/C14H10ClNO3/c15-11-7-6-10(14(18)19)8-12(11)16-13(17)9-4-2-1-3-5-9/h1-8H,(H,16,17)(H,18,19). The lowest BCUT2D eigenvalue weighted by Crippen LogP contribution is -2.12. The van der Waals surface area contributed by atoms with Crippen LogP contribution in [-0.2, 0) is 0 Å². The largest absolute Gasteiger partial charge is 0.478 e. The molecule has 0 aliphatic rings. The molecule has 2 aromatic carbocycles. The van der Waals surface area contributed by atoms with Crippen LogP contribution in [0.5, 0.6) is 0 Å². The topological polar surface area (TPSA) is 66.4 Å². The molecule has 0 aromatic heterocycles. The highest BCUT2D eigenvalue weighted by molar-refractivity contribution is 6.34. The van der Waals surface area contributed by atoms with E-state index in [-0.39, 0.29) is 22.2 Å². The molecule has 2 aromatic rings. The number of carbonyl (C=O) groups excluding carboxylic acids is 1. The van der Waals surface area contributed by atoms with Crippen LogP contribution in [0, 0.1) is 0 Å². The molecular formula is C14H10ClNO3. The minimum Gasteiger partial charge on any atom is -0.478 e. The van der Waals surface area contributed by atoms with Gasteiger partial charge in [-0.05, 0) is 30.3 Å². The first-order valence-electron chi connectivity index (χ1n) is 5.47. The third kappa shape index (κ3) is 3.11. The number of amides is 1. The highest BCUT2D eigenvalue weighted by Gasteiger charge is 2.11. The van der Waals surface area contributed by atoms with Gasteiger partial charge < -0.3 is 10.4 Å². The van der Waals surface area contributed by atoms with Gasteiger partial charge in [-0.2, -0.15) is 0 Å². The maximum Gasteiger partial charge on any atom is 0.335 e. The Morgan fingerprint density at radius 3 is 2.32 bits per heavy atom. The number of anilines is 1. The number of rotatable bonds is 3. The molecular weight excluding hydrogens is 266 g/mol. The van der Waals surface area contributed by atoms with Crippen molar-refractivity contribution in [1.82, 2.24) is 0 Å². The maximum absolute atomic E-state index is 11.9. The third-order valence-corrected chi connectivity index (χ3v) is 2.83. The van der Waals surface area contributed by atoms with Crippen molar-refractivity contribution in [3.8, 4) is 0 Å². The van der Waals surface area contributed by atoms with E-state index < -0.39 is 5.97 Å². The third-order valence-electron chi connectivity index (χ3n) is 2.50. The summed E-state index contributed by atoms with van der Waals surface area (Å²) in [6, 6.07) is 12.7. The molecule has 0 saturated carbocycles. The Kier molecular flexibility index (Phi) is 3.82. The Bertz CT molecular complexity index is 626. The second-order valence-corrected chi connectivity index (χ2v) is 4.23. The van der Waals surface area contributed by atoms with Gasteiger partial charge in [-0.15, -0.1) is 0 Å². The molecule has 0 saturated heterocycles. The lowest BCUT2D eigenvalue weighted by atomic mass is 10.1. The zero-order chi connectivity index (χ0) is 13.8. The molecule has 0 radical (unpaired) electrons. The molecule has 2 N–H and O–H groups in total. The first kappa shape index (κ1) is 13.1. The lowest BCUT2D eigenvalue weighted by Gasteiger charge is -2.08. The summed E-state index contributed by atoms with van der Waals surface area (Å²) in [7, 11) is 0. The summed E-state index contributed by atoms with van der Waals surface area (Å²) in [6.07, 6.45) is 0. The SMILES string of the molecule is O=C(O)c1ccc(Cl)c(NC(=O)c2ccccc2)c1. The number of carbonyl (C=O) groups is 2. The molecule has 96 valence electrons. The average Bonchev–Trinajstić information content (AvgIpc) is 2.42. The zero-order valence-corrected chi connectivity index (χ0v) is 10.5. The molecule has 0 aliphatic heterocycles. The number of carboxylic acids is 1. The van der Waals surface area contributed by atoms with Crippen LogP contribution < -0.4 is 5.32 Å². The van der Waals surface area contributed by atoms with Gasteiger partial charge in [0, 0.05) is 5.56 Å². The van der Waals surface area contributed by atoms with Crippen molar-refractivity contribution in [2.45, 2.75) is 0 Å². The van der Waals surface area contributed by atoms with Crippen LogP contribution in [0.3, 0.4) is 0 Å². The van der Waals surface area contributed by atoms with Crippen LogP contribution >= 0.6 is 11.6 Å². The van der Waals surface area contributed by atoms with E-state index in [9.17, 15) is 9.59 Å². The maximum atomic E-state index is 11.9. The van der Waals surface area contributed by atoms with Gasteiger partial charge in [-0.1, -0.05) is 29.8 Å². The fraction of sp³-hybridized carbons (Fsp3) is 0. The highest BCUT2D eigenvalue weighted by Crippen LogP contribution is 2.23. The fourth-order valence-corrected chi connectivity index (χ4v) is 1.70. The Labute approximate surface area is 114 Å². The number of carboxylic acid groups (broad SMARTS) is 1. The number of aromatic carboxylic acids is 1. The van der Waals surface area contributed by atoms with Gasteiger partial charge in [0.25, 0.3) is 5.91 Å². The van der Waals surface area contributed by atoms with Gasteiger partial charge in [0.15, 0.2) is 0 Å². The summed E-state index contributed by atoms with van der Waals surface area (Å²) < 4.78 is 0. The van der Waals surface area contributed by atoms with Gasteiger partial charge in [0.05, 0.1) is 16.3 Å². The van der Waals surface area contributed by atoms with Crippen LogP contribution in [0.4, 0.5) is 5.69 Å². The van der Waals surface area contributed by atoms with Crippen LogP contribution in [0.2, 0.25) is 5.02 Å². The second-order valence-electron chi connectivity index (χ2n) is 3.82. The van der Waals surface area contributed by atoms with Crippen molar-refractivity contribution in [3.05, 3.63) is 64.7 Å². The minimum absolute atomic E-state index is 0.0627. The predicted octanol–water partition coefficient (Wildman–Crippen LogP) is 3.29. The van der Waals surface area contributed by atoms with Crippen LogP contribution in [0.1, 0.15) is 20.7 Å². The first-order valence-corrected chi connectivity index (χ1v) is 5.85. The minimum atomic E-state index is -1.08. The molecule has 0 unspecified atom stereocenters. The molecule has 0 aliphatic carbocycles. The number of halogens is 1. The molecule has 19 heavy (non-hydrogen) atoms. The van der Waals surface area contributed by atoms with E-state index in [0.717, 1.165) is 0 Å². The van der Waals surface area contributed by atoms with E-state index >= 15 is 0 Å². The summed E-state index contributed by atoms with van der Waals surface area (Å²) in [5.41, 5.74) is 0.808. The second kappa shape index (κ2) is 5.54. The molecule has 0 fully saturated rings. The lowest BCUT2D eigenvalue weighted by molar-refractivity contribution is 0.0696. The van der Waals surface area contributed by atoms with E-state index in [1.54, 1.807) is 30.3 Å². The van der Waals surface area contributed by atoms with Gasteiger partial charge in [0.1, 0.15) is 0 Å². The van der Waals surface area contributed by atoms with Crippen LogP contribution in [-0.4, -0.2) is 17.0 Å². The number of benzene rings is 2. The van der Waals surface area contributed by atoms with E-state index in [2.05, 4.69) is 5.32 Å². The molecule has 0 bridgehead atoms. The van der Waals surface area contributed by atoms with E-state index in [0.29, 0.717) is 5.56 Å². The molecule has 0 atom stereocenters. The van der Waals surface area contributed by atoms with Crippen molar-refractivity contribution in [2.75, 3.05) is 5.32 Å². The smallest absolute Gasteiger partial charge is 0.335 e. The van der Waals surface area contributed by atoms with E-state index in [1.165, 1.54) is 18.2 Å². The molecule has 1 amide bonds. The highest BCUT2D eigenvalue weighted by atomic mass is 35.5. The van der Waals surface area contributed by atoms with Crippen LogP contribution in [0.25, 0.3) is 0 Å². The average molecular weight is 276 g/mol. The first-order chi connectivity index (χ1) is 9.08. The van der Waals surface area contributed by atoms with Gasteiger partial charge in [-0.25, -0.2) is 4.79 Å². The summed E-state index contributed by atoms with van der Waals surface area (Å²) in [6.45, 7) is 0.